The first-order valence-electron chi connectivity index (χ1n) is 4.03. The molecule has 0 N–H and O–H groups in total. The molecule has 1 heterocycles. The molecular formula is C9H7F3N2O. The molecule has 0 fully saturated rings. The van der Waals surface area contributed by atoms with Gasteiger partial charge in [0.2, 0.25) is 5.88 Å². The second-order valence-electron chi connectivity index (χ2n) is 2.77. The fraction of sp³-hybridized carbons (Fsp3) is 0.333. The molecule has 1 atom stereocenters. The van der Waals surface area contributed by atoms with E-state index in [0.29, 0.717) is 0 Å². The predicted molar refractivity (Wildman–Crippen MR) is 45.1 cm³/mol. The van der Waals surface area contributed by atoms with E-state index in [1.165, 1.54) is 18.3 Å². The molecule has 15 heavy (non-hydrogen) atoms. The Bertz CT molecular complexity index is 384. The summed E-state index contributed by atoms with van der Waals surface area (Å²) in [5.74, 6) is -0.301. The van der Waals surface area contributed by atoms with Gasteiger partial charge in [0, 0.05) is 6.20 Å². The van der Waals surface area contributed by atoms with Crippen LogP contribution in [0.4, 0.5) is 13.2 Å². The number of aromatic nitrogens is 1. The second kappa shape index (κ2) is 4.17. The number of rotatable bonds is 2. The van der Waals surface area contributed by atoms with E-state index in [1.54, 1.807) is 6.07 Å². The van der Waals surface area contributed by atoms with E-state index in [-0.39, 0.29) is 11.4 Å². The highest BCUT2D eigenvalue weighted by Gasteiger charge is 2.38. The summed E-state index contributed by atoms with van der Waals surface area (Å²) in [4.78, 5) is 3.56. The van der Waals surface area contributed by atoms with E-state index in [2.05, 4.69) is 9.72 Å². The van der Waals surface area contributed by atoms with E-state index in [4.69, 9.17) is 5.26 Å². The van der Waals surface area contributed by atoms with Crippen LogP contribution in [-0.4, -0.2) is 17.3 Å². The SMILES string of the molecule is CC(Oc1ncccc1C#N)C(F)(F)F. The van der Waals surface area contributed by atoms with Crippen molar-refractivity contribution in [3.63, 3.8) is 0 Å². The summed E-state index contributed by atoms with van der Waals surface area (Å²) in [7, 11) is 0. The van der Waals surface area contributed by atoms with Gasteiger partial charge in [0.15, 0.2) is 6.10 Å². The highest BCUT2D eigenvalue weighted by atomic mass is 19.4. The van der Waals surface area contributed by atoms with E-state index < -0.39 is 12.3 Å². The van der Waals surface area contributed by atoms with Gasteiger partial charge in [0.25, 0.3) is 0 Å². The molecule has 1 rings (SSSR count). The lowest BCUT2D eigenvalue weighted by molar-refractivity contribution is -0.190. The zero-order chi connectivity index (χ0) is 11.5. The topological polar surface area (TPSA) is 45.9 Å². The van der Waals surface area contributed by atoms with Crippen molar-refractivity contribution < 1.29 is 17.9 Å². The van der Waals surface area contributed by atoms with Crippen LogP contribution in [0.15, 0.2) is 18.3 Å². The summed E-state index contributed by atoms with van der Waals surface area (Å²) < 4.78 is 40.9. The third-order valence-corrected chi connectivity index (χ3v) is 1.64. The zero-order valence-corrected chi connectivity index (χ0v) is 7.75. The van der Waals surface area contributed by atoms with Gasteiger partial charge < -0.3 is 4.74 Å². The average molecular weight is 216 g/mol. The number of nitrogens with zero attached hydrogens (tertiary/aromatic N) is 2. The van der Waals surface area contributed by atoms with Crippen LogP contribution in [0, 0.1) is 11.3 Å². The standard InChI is InChI=1S/C9H7F3N2O/c1-6(9(10,11)12)15-8-7(5-13)3-2-4-14-8/h2-4,6H,1H3. The Kier molecular flexibility index (Phi) is 3.14. The lowest BCUT2D eigenvalue weighted by atomic mass is 10.3. The molecule has 0 aliphatic carbocycles. The highest BCUT2D eigenvalue weighted by molar-refractivity contribution is 5.37. The van der Waals surface area contributed by atoms with Crippen molar-refractivity contribution in [1.82, 2.24) is 4.98 Å². The minimum Gasteiger partial charge on any atom is -0.464 e. The normalized spacial score (nSPS) is 13.0. The molecule has 0 radical (unpaired) electrons. The molecule has 0 amide bonds. The molecule has 6 heteroatoms. The minimum atomic E-state index is -4.47. The zero-order valence-electron chi connectivity index (χ0n) is 7.75. The molecule has 0 aliphatic heterocycles. The first-order chi connectivity index (χ1) is 6.95. The van der Waals surface area contributed by atoms with Gasteiger partial charge in [-0.3, -0.25) is 0 Å². The van der Waals surface area contributed by atoms with Crippen LogP contribution in [0.5, 0.6) is 5.88 Å². The Labute approximate surface area is 84.1 Å². The molecule has 80 valence electrons. The Hall–Kier alpha value is -1.77. The molecule has 0 bridgehead atoms. The fourth-order valence-corrected chi connectivity index (χ4v) is 0.804. The van der Waals surface area contributed by atoms with E-state index in [9.17, 15) is 13.2 Å². The van der Waals surface area contributed by atoms with Crippen molar-refractivity contribution in [3.8, 4) is 11.9 Å². The van der Waals surface area contributed by atoms with Gasteiger partial charge in [0.1, 0.15) is 11.6 Å². The summed E-state index contributed by atoms with van der Waals surface area (Å²) in [5.41, 5.74) is -0.0198. The maximum absolute atomic E-state index is 12.1. The third kappa shape index (κ3) is 2.84. The Balaban J connectivity index is 2.86. The average Bonchev–Trinajstić information content (AvgIpc) is 2.17. The second-order valence-corrected chi connectivity index (χ2v) is 2.77. The van der Waals surface area contributed by atoms with Crippen molar-refractivity contribution in [3.05, 3.63) is 23.9 Å². The van der Waals surface area contributed by atoms with E-state index >= 15 is 0 Å². The van der Waals surface area contributed by atoms with Crippen LogP contribution in [-0.2, 0) is 0 Å². The fourth-order valence-electron chi connectivity index (χ4n) is 0.804. The Morgan fingerprint density at radius 2 is 2.20 bits per heavy atom. The summed E-state index contributed by atoms with van der Waals surface area (Å²) in [6.45, 7) is 0.857. The van der Waals surface area contributed by atoms with Gasteiger partial charge in [-0.1, -0.05) is 0 Å². The van der Waals surface area contributed by atoms with E-state index in [0.717, 1.165) is 6.92 Å². The first kappa shape index (κ1) is 11.3. The maximum atomic E-state index is 12.1. The van der Waals surface area contributed by atoms with Crippen LogP contribution in [0.2, 0.25) is 0 Å². The molecule has 0 aliphatic rings. The maximum Gasteiger partial charge on any atom is 0.425 e. The lowest BCUT2D eigenvalue weighted by Gasteiger charge is -2.17. The van der Waals surface area contributed by atoms with Gasteiger partial charge in [-0.05, 0) is 19.1 Å². The van der Waals surface area contributed by atoms with Crippen molar-refractivity contribution >= 4 is 0 Å². The van der Waals surface area contributed by atoms with Gasteiger partial charge in [-0.15, -0.1) is 0 Å². The summed E-state index contributed by atoms with van der Waals surface area (Å²) in [5, 5.41) is 8.58. The highest BCUT2D eigenvalue weighted by Crippen LogP contribution is 2.25. The number of hydrogen-bond acceptors (Lipinski definition) is 3. The van der Waals surface area contributed by atoms with Crippen molar-refractivity contribution in [1.29, 1.82) is 5.26 Å². The van der Waals surface area contributed by atoms with Gasteiger partial charge in [-0.25, -0.2) is 4.98 Å². The minimum absolute atomic E-state index is 0.0198. The number of ether oxygens (including phenoxy) is 1. The molecule has 0 saturated heterocycles. The molecular weight excluding hydrogens is 209 g/mol. The molecule has 0 aromatic carbocycles. The Morgan fingerprint density at radius 1 is 1.53 bits per heavy atom. The van der Waals surface area contributed by atoms with Crippen LogP contribution < -0.4 is 4.74 Å². The van der Waals surface area contributed by atoms with Gasteiger partial charge >= 0.3 is 6.18 Å². The van der Waals surface area contributed by atoms with Gasteiger partial charge in [0.05, 0.1) is 0 Å². The van der Waals surface area contributed by atoms with Crippen LogP contribution in [0.3, 0.4) is 0 Å². The van der Waals surface area contributed by atoms with Crippen molar-refractivity contribution in [2.75, 3.05) is 0 Å². The number of halogens is 3. The smallest absolute Gasteiger partial charge is 0.425 e. The van der Waals surface area contributed by atoms with Crippen LogP contribution in [0.1, 0.15) is 12.5 Å². The monoisotopic (exact) mass is 216 g/mol. The first-order valence-corrected chi connectivity index (χ1v) is 4.03. The van der Waals surface area contributed by atoms with Crippen molar-refractivity contribution in [2.24, 2.45) is 0 Å². The van der Waals surface area contributed by atoms with Gasteiger partial charge in [-0.2, -0.15) is 18.4 Å². The third-order valence-electron chi connectivity index (χ3n) is 1.64. The number of nitriles is 1. The largest absolute Gasteiger partial charge is 0.464 e. The molecule has 0 saturated carbocycles. The molecule has 1 unspecified atom stereocenters. The number of hydrogen-bond donors (Lipinski definition) is 0. The summed E-state index contributed by atoms with van der Waals surface area (Å²) >= 11 is 0. The van der Waals surface area contributed by atoms with Crippen molar-refractivity contribution in [2.45, 2.75) is 19.2 Å². The quantitative estimate of drug-likeness (QED) is 0.761. The number of pyridine rings is 1. The van der Waals surface area contributed by atoms with Crippen LogP contribution >= 0.6 is 0 Å². The van der Waals surface area contributed by atoms with Crippen LogP contribution in [0.25, 0.3) is 0 Å². The Morgan fingerprint density at radius 3 is 2.73 bits per heavy atom. The summed E-state index contributed by atoms with van der Waals surface area (Å²) in [6, 6.07) is 4.48. The predicted octanol–water partition coefficient (Wildman–Crippen LogP) is 2.28. The number of alkyl halides is 3. The molecule has 1 aromatic rings. The van der Waals surface area contributed by atoms with E-state index in [1.807, 2.05) is 0 Å². The summed E-state index contributed by atoms with van der Waals surface area (Å²) in [6.07, 6.45) is -5.19. The lowest BCUT2D eigenvalue weighted by Crippen LogP contribution is -2.31. The molecule has 1 aromatic heterocycles. The molecule has 3 nitrogen and oxygen atoms in total. The molecule has 0 spiro atoms.